The lowest BCUT2D eigenvalue weighted by Gasteiger charge is -2.18. The van der Waals surface area contributed by atoms with Crippen LogP contribution in [0.4, 0.5) is 19.0 Å². The molecule has 0 saturated carbocycles. The van der Waals surface area contributed by atoms with Gasteiger partial charge in [0.05, 0.1) is 0 Å². The van der Waals surface area contributed by atoms with Crippen molar-refractivity contribution in [2.75, 3.05) is 5.73 Å². The highest BCUT2D eigenvalue weighted by molar-refractivity contribution is 5.83. The van der Waals surface area contributed by atoms with Crippen molar-refractivity contribution >= 4 is 17.4 Å². The van der Waals surface area contributed by atoms with Gasteiger partial charge in [0.2, 0.25) is 0 Å². The second-order valence-electron chi connectivity index (χ2n) is 8.66. The van der Waals surface area contributed by atoms with Crippen molar-refractivity contribution in [2.45, 2.75) is 19.0 Å². The third-order valence-corrected chi connectivity index (χ3v) is 6.08. The van der Waals surface area contributed by atoms with Crippen molar-refractivity contribution in [3.8, 4) is 5.69 Å². The maximum Gasteiger partial charge on any atom is 0.321 e. The number of rotatable bonds is 9. The van der Waals surface area contributed by atoms with Crippen molar-refractivity contribution in [1.82, 2.24) is 9.88 Å². The molecule has 1 atom stereocenters. The molecule has 0 aliphatic heterocycles. The number of nitrogens with two attached hydrogens (primary N) is 1. The molecule has 0 amide bonds. The van der Waals surface area contributed by atoms with E-state index in [1.807, 2.05) is 6.07 Å². The Morgan fingerprint density at radius 2 is 1.58 bits per heavy atom. The Morgan fingerprint density at radius 3 is 2.18 bits per heavy atom. The van der Waals surface area contributed by atoms with E-state index in [0.29, 0.717) is 15.7 Å². The number of hydrogen-bond acceptors (Lipinski definition) is 4. The van der Waals surface area contributed by atoms with Crippen molar-refractivity contribution in [1.29, 1.82) is 0 Å². The van der Waals surface area contributed by atoms with Crippen molar-refractivity contribution in [3.05, 3.63) is 136 Å². The van der Waals surface area contributed by atoms with E-state index in [-0.39, 0.29) is 29.9 Å². The van der Waals surface area contributed by atoms with Crippen molar-refractivity contribution < 1.29 is 23.1 Å². The molecule has 4 rings (SSSR count). The first kappa shape index (κ1) is 26.4. The molecule has 38 heavy (non-hydrogen) atoms. The number of benzene rings is 3. The van der Waals surface area contributed by atoms with E-state index in [9.17, 15) is 19.1 Å². The Labute approximate surface area is 216 Å². The highest BCUT2D eigenvalue weighted by atomic mass is 19.1. The number of aromatic nitrogens is 1. The van der Waals surface area contributed by atoms with Crippen LogP contribution in [0.15, 0.2) is 90.2 Å². The lowest BCUT2D eigenvalue weighted by Crippen LogP contribution is -2.38. The van der Waals surface area contributed by atoms with Crippen LogP contribution < -0.4 is 16.6 Å². The van der Waals surface area contributed by atoms with Gasteiger partial charge >= 0.3 is 5.97 Å². The summed E-state index contributed by atoms with van der Waals surface area (Å²) in [6.07, 6.45) is 0.176. The van der Waals surface area contributed by atoms with Gasteiger partial charge in [-0.25, -0.2) is 13.2 Å². The van der Waals surface area contributed by atoms with Crippen LogP contribution >= 0.6 is 0 Å². The monoisotopic (exact) mass is 519 g/mol. The van der Waals surface area contributed by atoms with Gasteiger partial charge in [0.15, 0.2) is 11.6 Å². The lowest BCUT2D eigenvalue weighted by molar-refractivity contribution is -0.139. The molecule has 0 saturated heterocycles. The maximum atomic E-state index is 15.2. The molecule has 3 aromatic carbocycles. The molecule has 9 heteroatoms. The second kappa shape index (κ2) is 11.2. The van der Waals surface area contributed by atoms with Gasteiger partial charge < -0.3 is 16.2 Å². The zero-order valence-corrected chi connectivity index (χ0v) is 20.1. The number of carboxylic acid groups (broad SMARTS) is 1. The highest BCUT2D eigenvalue weighted by Crippen LogP contribution is 2.29. The number of anilines is 1. The Hall–Kier alpha value is -4.63. The van der Waals surface area contributed by atoms with Crippen LogP contribution in [0, 0.1) is 17.5 Å². The molecule has 0 fully saturated rings. The Kier molecular flexibility index (Phi) is 7.78. The summed E-state index contributed by atoms with van der Waals surface area (Å²) in [5, 5.41) is 12.4. The third-order valence-electron chi connectivity index (χ3n) is 6.08. The zero-order valence-electron chi connectivity index (χ0n) is 20.1. The van der Waals surface area contributed by atoms with Crippen LogP contribution in [0.5, 0.6) is 0 Å². The molecule has 0 aliphatic rings. The van der Waals surface area contributed by atoms with E-state index in [1.54, 1.807) is 24.3 Å². The fourth-order valence-corrected chi connectivity index (χ4v) is 4.12. The van der Waals surface area contributed by atoms with Crippen molar-refractivity contribution in [3.63, 3.8) is 0 Å². The van der Waals surface area contributed by atoms with Crippen molar-refractivity contribution in [2.24, 2.45) is 0 Å². The number of nitrogen functional groups attached to an aromatic ring is 1. The second-order valence-corrected chi connectivity index (χ2v) is 8.66. The summed E-state index contributed by atoms with van der Waals surface area (Å²) < 4.78 is 44.5. The maximum absolute atomic E-state index is 15.2. The first-order valence-corrected chi connectivity index (χ1v) is 11.6. The number of pyridine rings is 1. The fraction of sp³-hybridized carbons (Fsp3) is 0.103. The van der Waals surface area contributed by atoms with Gasteiger partial charge in [-0.15, -0.1) is 0 Å². The molecule has 0 bridgehead atoms. The summed E-state index contributed by atoms with van der Waals surface area (Å²) in [5.74, 6) is -3.92. The summed E-state index contributed by atoms with van der Waals surface area (Å²) in [6, 6.07) is 17.9. The van der Waals surface area contributed by atoms with E-state index >= 15 is 8.78 Å². The van der Waals surface area contributed by atoms with Crippen LogP contribution in [0.2, 0.25) is 0 Å². The molecule has 4 N–H and O–H groups in total. The van der Waals surface area contributed by atoms with Crippen LogP contribution in [0.3, 0.4) is 0 Å². The minimum Gasteiger partial charge on any atom is -0.480 e. The van der Waals surface area contributed by atoms with E-state index in [4.69, 9.17) is 5.73 Å². The van der Waals surface area contributed by atoms with Gasteiger partial charge in [-0.1, -0.05) is 49.0 Å². The number of carboxylic acids is 1. The van der Waals surface area contributed by atoms with Gasteiger partial charge in [-0.2, -0.15) is 0 Å². The number of halogens is 3. The molecule has 1 heterocycles. The van der Waals surface area contributed by atoms with Gasteiger partial charge in [-0.05, 0) is 59.0 Å². The van der Waals surface area contributed by atoms with E-state index in [1.165, 1.54) is 30.3 Å². The molecule has 0 spiro atoms. The van der Waals surface area contributed by atoms with Crippen LogP contribution in [0.25, 0.3) is 11.3 Å². The Morgan fingerprint density at radius 1 is 0.947 bits per heavy atom. The number of nitrogens with one attached hydrogen (secondary N) is 1. The average molecular weight is 520 g/mol. The number of nitrogens with zero attached hydrogens (tertiary/aromatic N) is 1. The molecule has 0 aliphatic carbocycles. The highest BCUT2D eigenvalue weighted by Gasteiger charge is 2.21. The minimum atomic E-state index is -1.11. The van der Waals surface area contributed by atoms with E-state index < -0.39 is 40.7 Å². The molecule has 0 radical (unpaired) electrons. The molecule has 0 unspecified atom stereocenters. The first-order valence-electron chi connectivity index (χ1n) is 11.6. The van der Waals surface area contributed by atoms with Crippen LogP contribution in [-0.2, 0) is 17.8 Å². The number of hydrogen-bond donors (Lipinski definition) is 3. The topological polar surface area (TPSA) is 97.3 Å². The quantitative estimate of drug-likeness (QED) is 0.298. The Balaban J connectivity index is 1.62. The normalized spacial score (nSPS) is 11.8. The molecular formula is C29H24F3N3O3. The molecule has 1 aromatic heterocycles. The van der Waals surface area contributed by atoms with Gasteiger partial charge in [0.1, 0.15) is 23.4 Å². The standard InChI is InChI=1S/C29H24F3N3O3/c1-17(20-7-9-21(30)10-8-20)22-11-12-26(36)35(28(22)33)27-23(31)13-19(14-24(27)32)16-34-25(29(37)38)15-18-5-3-2-4-6-18/h2-14,25,34H,1,15-16,33H2,(H,37,38)/t25-/m0/s1. The summed E-state index contributed by atoms with van der Waals surface area (Å²) >= 11 is 0. The summed E-state index contributed by atoms with van der Waals surface area (Å²) in [4.78, 5) is 24.3. The summed E-state index contributed by atoms with van der Waals surface area (Å²) in [5.41, 5.74) is 6.75. The summed E-state index contributed by atoms with van der Waals surface area (Å²) in [6.45, 7) is 3.80. The van der Waals surface area contributed by atoms with Crippen LogP contribution in [-0.4, -0.2) is 21.7 Å². The Bertz CT molecular complexity index is 1530. The van der Waals surface area contributed by atoms with E-state index in [0.717, 1.165) is 23.8 Å². The molecule has 6 nitrogen and oxygen atoms in total. The lowest BCUT2D eigenvalue weighted by atomic mass is 10.00. The van der Waals surface area contributed by atoms with Gasteiger partial charge in [0, 0.05) is 18.2 Å². The first-order chi connectivity index (χ1) is 18.2. The largest absolute Gasteiger partial charge is 0.480 e. The fourth-order valence-electron chi connectivity index (χ4n) is 4.12. The summed E-state index contributed by atoms with van der Waals surface area (Å²) in [7, 11) is 0. The zero-order chi connectivity index (χ0) is 27.4. The SMILES string of the molecule is C=C(c1ccc(F)cc1)c1ccc(=O)n(-c2c(F)cc(CN[C@@H](Cc3ccccc3)C(=O)O)cc2F)c1N. The minimum absolute atomic E-state index is 0.135. The number of carbonyl (C=O) groups is 1. The average Bonchev–Trinajstić information content (AvgIpc) is 2.88. The molecule has 194 valence electrons. The molecule has 4 aromatic rings. The smallest absolute Gasteiger partial charge is 0.321 e. The van der Waals surface area contributed by atoms with Gasteiger partial charge in [-0.3, -0.25) is 14.2 Å². The predicted molar refractivity (Wildman–Crippen MR) is 139 cm³/mol. The van der Waals surface area contributed by atoms with Gasteiger partial charge in [0.25, 0.3) is 5.56 Å². The predicted octanol–water partition coefficient (Wildman–Crippen LogP) is 4.68. The number of aliphatic carboxylic acids is 1. The molecular weight excluding hydrogens is 495 g/mol. The van der Waals surface area contributed by atoms with Crippen LogP contribution in [0.1, 0.15) is 22.3 Å². The van der Waals surface area contributed by atoms with E-state index in [2.05, 4.69) is 11.9 Å². The third kappa shape index (κ3) is 5.68.